The molecule has 0 fully saturated rings. The topological polar surface area (TPSA) is 56.7 Å². The monoisotopic (exact) mass is 326 g/mol. The van der Waals surface area contributed by atoms with Crippen LogP contribution in [0.2, 0.25) is 0 Å². The van der Waals surface area contributed by atoms with Gasteiger partial charge in [-0.1, -0.05) is 22.0 Å². The fraction of sp³-hybridized carbons (Fsp3) is 0.385. The van der Waals surface area contributed by atoms with Crippen LogP contribution in [-0.2, 0) is 6.42 Å². The molecular weight excluding hydrogens is 311 g/mol. The molecule has 0 aliphatic carbocycles. The summed E-state index contributed by atoms with van der Waals surface area (Å²) >= 11 is 3.23. The molecule has 0 aliphatic rings. The molecule has 2 aromatic rings. The highest BCUT2D eigenvalue weighted by Crippen LogP contribution is 2.22. The van der Waals surface area contributed by atoms with Crippen molar-refractivity contribution in [3.05, 3.63) is 46.2 Å². The molecule has 2 rings (SSSR count). The second-order valence-corrected chi connectivity index (χ2v) is 5.61. The highest BCUT2D eigenvalue weighted by molar-refractivity contribution is 9.10. The van der Waals surface area contributed by atoms with Gasteiger partial charge in [0.15, 0.2) is 0 Å². The molecule has 0 spiro atoms. The average Bonchev–Trinajstić information content (AvgIpc) is 2.76. The van der Waals surface area contributed by atoms with E-state index in [-0.39, 0.29) is 11.9 Å². The first-order valence-electron chi connectivity index (χ1n) is 6.08. The van der Waals surface area contributed by atoms with Crippen LogP contribution in [0, 0.1) is 5.82 Å². The Hall–Kier alpha value is -1.27. The summed E-state index contributed by atoms with van der Waals surface area (Å²) in [5.41, 5.74) is 6.56. The zero-order valence-corrected chi connectivity index (χ0v) is 12.4. The number of nitrogens with two attached hydrogens (primary N) is 1. The summed E-state index contributed by atoms with van der Waals surface area (Å²) in [5.74, 6) is 0.460. The second kappa shape index (κ2) is 5.79. The van der Waals surface area contributed by atoms with Crippen LogP contribution in [0.1, 0.15) is 37.3 Å². The van der Waals surface area contributed by atoms with E-state index in [4.69, 9.17) is 5.73 Å². The Balaban J connectivity index is 2.21. The summed E-state index contributed by atoms with van der Waals surface area (Å²) in [6, 6.07) is 4.67. The SMILES string of the molecule is CC(C)n1ncnc1CC(N)c1ccc(Br)cc1F. The molecule has 0 amide bonds. The lowest BCUT2D eigenvalue weighted by atomic mass is 10.0. The molecule has 19 heavy (non-hydrogen) atoms. The smallest absolute Gasteiger partial charge is 0.138 e. The highest BCUT2D eigenvalue weighted by atomic mass is 79.9. The van der Waals surface area contributed by atoms with Crippen molar-refractivity contribution in [2.24, 2.45) is 5.73 Å². The molecule has 1 aromatic heterocycles. The molecule has 0 saturated carbocycles. The van der Waals surface area contributed by atoms with Gasteiger partial charge in [0.2, 0.25) is 0 Å². The van der Waals surface area contributed by atoms with Crippen LogP contribution in [0.15, 0.2) is 29.0 Å². The van der Waals surface area contributed by atoms with Gasteiger partial charge in [-0.05, 0) is 26.0 Å². The van der Waals surface area contributed by atoms with Gasteiger partial charge in [0.05, 0.1) is 0 Å². The maximum Gasteiger partial charge on any atom is 0.138 e. The number of hydrogen-bond acceptors (Lipinski definition) is 3. The van der Waals surface area contributed by atoms with Crippen molar-refractivity contribution in [1.29, 1.82) is 0 Å². The standard InChI is InChI=1S/C13H16BrFN4/c1-8(2)19-13(17-7-18-19)6-12(16)10-4-3-9(14)5-11(10)15/h3-5,7-8,12H,6,16H2,1-2H3. The van der Waals surface area contributed by atoms with Gasteiger partial charge in [-0.15, -0.1) is 0 Å². The van der Waals surface area contributed by atoms with E-state index in [1.165, 1.54) is 12.4 Å². The number of rotatable bonds is 4. The van der Waals surface area contributed by atoms with Crippen molar-refractivity contribution < 1.29 is 4.39 Å². The van der Waals surface area contributed by atoms with E-state index < -0.39 is 6.04 Å². The van der Waals surface area contributed by atoms with E-state index in [0.29, 0.717) is 16.5 Å². The van der Waals surface area contributed by atoms with Gasteiger partial charge in [-0.25, -0.2) is 14.1 Å². The zero-order chi connectivity index (χ0) is 14.0. The summed E-state index contributed by atoms with van der Waals surface area (Å²) in [7, 11) is 0. The molecule has 1 aromatic carbocycles. The molecule has 1 heterocycles. The lowest BCUT2D eigenvalue weighted by molar-refractivity contribution is 0.488. The lowest BCUT2D eigenvalue weighted by Crippen LogP contribution is -2.19. The summed E-state index contributed by atoms with van der Waals surface area (Å²) in [4.78, 5) is 4.19. The predicted octanol–water partition coefficient (Wildman–Crippen LogP) is 3.00. The summed E-state index contributed by atoms with van der Waals surface area (Å²) < 4.78 is 16.3. The third-order valence-corrected chi connectivity index (χ3v) is 3.39. The minimum absolute atomic E-state index is 0.208. The van der Waals surface area contributed by atoms with E-state index >= 15 is 0 Å². The molecule has 1 atom stereocenters. The van der Waals surface area contributed by atoms with E-state index in [1.54, 1.807) is 16.8 Å². The van der Waals surface area contributed by atoms with E-state index in [0.717, 1.165) is 5.82 Å². The zero-order valence-electron chi connectivity index (χ0n) is 10.8. The van der Waals surface area contributed by atoms with Gasteiger partial charge < -0.3 is 5.73 Å². The Morgan fingerprint density at radius 2 is 2.16 bits per heavy atom. The molecule has 0 radical (unpaired) electrons. The molecular formula is C13H16BrFN4. The number of aromatic nitrogens is 3. The minimum Gasteiger partial charge on any atom is -0.323 e. The molecule has 1 unspecified atom stereocenters. The van der Waals surface area contributed by atoms with Crippen LogP contribution in [0.5, 0.6) is 0 Å². The molecule has 0 bridgehead atoms. The minimum atomic E-state index is -0.435. The van der Waals surface area contributed by atoms with Crippen molar-refractivity contribution in [2.45, 2.75) is 32.4 Å². The van der Waals surface area contributed by atoms with Crippen molar-refractivity contribution in [2.75, 3.05) is 0 Å². The molecule has 4 nitrogen and oxygen atoms in total. The first-order valence-corrected chi connectivity index (χ1v) is 6.87. The second-order valence-electron chi connectivity index (χ2n) is 4.69. The van der Waals surface area contributed by atoms with Crippen LogP contribution in [0.4, 0.5) is 4.39 Å². The quantitative estimate of drug-likeness (QED) is 0.939. The Kier molecular flexibility index (Phi) is 4.31. The van der Waals surface area contributed by atoms with Gasteiger partial charge in [-0.2, -0.15) is 5.10 Å². The van der Waals surface area contributed by atoms with Crippen molar-refractivity contribution in [1.82, 2.24) is 14.8 Å². The van der Waals surface area contributed by atoms with E-state index in [9.17, 15) is 4.39 Å². The van der Waals surface area contributed by atoms with Crippen LogP contribution in [0.25, 0.3) is 0 Å². The Bertz CT molecular complexity index is 568. The predicted molar refractivity (Wildman–Crippen MR) is 75.1 cm³/mol. The van der Waals surface area contributed by atoms with Crippen LogP contribution >= 0.6 is 15.9 Å². The molecule has 6 heteroatoms. The average molecular weight is 327 g/mol. The van der Waals surface area contributed by atoms with Gasteiger partial charge in [-0.3, -0.25) is 0 Å². The van der Waals surface area contributed by atoms with Gasteiger partial charge in [0.25, 0.3) is 0 Å². The van der Waals surface area contributed by atoms with Crippen LogP contribution in [0.3, 0.4) is 0 Å². The fourth-order valence-corrected chi connectivity index (χ4v) is 2.29. The maximum absolute atomic E-state index is 13.8. The number of hydrogen-bond donors (Lipinski definition) is 1. The summed E-state index contributed by atoms with van der Waals surface area (Å²) in [5, 5.41) is 4.15. The van der Waals surface area contributed by atoms with Crippen LogP contribution in [-0.4, -0.2) is 14.8 Å². The first kappa shape index (κ1) is 14.1. The lowest BCUT2D eigenvalue weighted by Gasteiger charge is -2.15. The van der Waals surface area contributed by atoms with Gasteiger partial charge in [0.1, 0.15) is 18.0 Å². The number of halogens is 2. The molecule has 2 N–H and O–H groups in total. The first-order chi connectivity index (χ1) is 8.99. The fourth-order valence-electron chi connectivity index (χ4n) is 1.96. The van der Waals surface area contributed by atoms with Crippen molar-refractivity contribution >= 4 is 15.9 Å². The van der Waals surface area contributed by atoms with Gasteiger partial charge >= 0.3 is 0 Å². The Morgan fingerprint density at radius 1 is 1.42 bits per heavy atom. The van der Waals surface area contributed by atoms with Gasteiger partial charge in [0, 0.05) is 28.5 Å². The molecule has 0 aliphatic heterocycles. The molecule has 0 saturated heterocycles. The third-order valence-electron chi connectivity index (χ3n) is 2.90. The molecule has 102 valence electrons. The highest BCUT2D eigenvalue weighted by Gasteiger charge is 2.16. The maximum atomic E-state index is 13.8. The Labute approximate surface area is 120 Å². The summed E-state index contributed by atoms with van der Waals surface area (Å²) in [6.07, 6.45) is 1.96. The summed E-state index contributed by atoms with van der Waals surface area (Å²) in [6.45, 7) is 4.04. The Morgan fingerprint density at radius 3 is 2.79 bits per heavy atom. The third kappa shape index (κ3) is 3.19. The number of nitrogens with zero attached hydrogens (tertiary/aromatic N) is 3. The van der Waals surface area contributed by atoms with E-state index in [2.05, 4.69) is 26.0 Å². The van der Waals surface area contributed by atoms with Crippen molar-refractivity contribution in [3.8, 4) is 0 Å². The van der Waals surface area contributed by atoms with Crippen molar-refractivity contribution in [3.63, 3.8) is 0 Å². The van der Waals surface area contributed by atoms with Crippen LogP contribution < -0.4 is 5.73 Å². The van der Waals surface area contributed by atoms with E-state index in [1.807, 2.05) is 13.8 Å². The largest absolute Gasteiger partial charge is 0.323 e. The number of benzene rings is 1. The normalized spacial score (nSPS) is 12.9.